The van der Waals surface area contributed by atoms with Gasteiger partial charge in [0.05, 0.1) is 25.5 Å². The van der Waals surface area contributed by atoms with Crippen molar-refractivity contribution in [1.29, 1.82) is 0 Å². The standard InChI is InChI=1S/C26H32N4O3.HI/c1-18-4-7-21(8-5-18)25-30-23(17-33-25)14-29-26(27-3)28-13-22-9-6-19(2)12-24(22)32-16-20-10-11-31-15-20;/h4-9,12,17,20H,10-11,13-16H2,1-3H3,(H2,27,28,29);1H. The molecule has 1 aliphatic rings. The lowest BCUT2D eigenvalue weighted by Gasteiger charge is -2.16. The van der Waals surface area contributed by atoms with Crippen LogP contribution in [0.2, 0.25) is 0 Å². The average Bonchev–Trinajstić information content (AvgIpc) is 3.51. The largest absolute Gasteiger partial charge is 0.493 e. The van der Waals surface area contributed by atoms with Crippen LogP contribution in [0.4, 0.5) is 0 Å². The molecule has 1 saturated heterocycles. The second kappa shape index (κ2) is 12.8. The van der Waals surface area contributed by atoms with Crippen molar-refractivity contribution in [2.75, 3.05) is 26.9 Å². The van der Waals surface area contributed by atoms with Crippen molar-refractivity contribution in [3.8, 4) is 17.2 Å². The Bertz CT molecular complexity index is 1080. The van der Waals surface area contributed by atoms with Crippen LogP contribution in [-0.2, 0) is 17.8 Å². The first-order valence-electron chi connectivity index (χ1n) is 11.4. The zero-order valence-electron chi connectivity index (χ0n) is 20.0. The fourth-order valence-corrected chi connectivity index (χ4v) is 3.66. The molecule has 2 N–H and O–H groups in total. The van der Waals surface area contributed by atoms with Gasteiger partial charge in [0.25, 0.3) is 0 Å². The Morgan fingerprint density at radius 2 is 1.85 bits per heavy atom. The van der Waals surface area contributed by atoms with Gasteiger partial charge in [-0.3, -0.25) is 4.99 Å². The van der Waals surface area contributed by atoms with Gasteiger partial charge in [-0.1, -0.05) is 29.8 Å². The number of aromatic nitrogens is 1. The fourth-order valence-electron chi connectivity index (χ4n) is 3.66. The summed E-state index contributed by atoms with van der Waals surface area (Å²) in [7, 11) is 1.75. The van der Waals surface area contributed by atoms with E-state index in [0.717, 1.165) is 42.2 Å². The number of aliphatic imine (C=N–C) groups is 1. The Balaban J connectivity index is 0.00000324. The molecule has 0 bridgehead atoms. The van der Waals surface area contributed by atoms with Gasteiger partial charge >= 0.3 is 0 Å². The summed E-state index contributed by atoms with van der Waals surface area (Å²) in [6.45, 7) is 7.53. The van der Waals surface area contributed by atoms with E-state index in [1.165, 1.54) is 11.1 Å². The third-order valence-corrected chi connectivity index (χ3v) is 5.68. The summed E-state index contributed by atoms with van der Waals surface area (Å²) in [5, 5.41) is 6.66. The molecular weight excluding hydrogens is 543 g/mol. The van der Waals surface area contributed by atoms with Crippen molar-refractivity contribution in [3.63, 3.8) is 0 Å². The summed E-state index contributed by atoms with van der Waals surface area (Å²) < 4.78 is 17.3. The molecule has 2 heterocycles. The van der Waals surface area contributed by atoms with Gasteiger partial charge in [-0.15, -0.1) is 24.0 Å². The molecule has 3 aromatic rings. The van der Waals surface area contributed by atoms with Gasteiger partial charge in [-0.25, -0.2) is 4.98 Å². The molecule has 182 valence electrons. The minimum atomic E-state index is 0. The lowest BCUT2D eigenvalue weighted by Crippen LogP contribution is -2.36. The van der Waals surface area contributed by atoms with Gasteiger partial charge < -0.3 is 24.5 Å². The number of aryl methyl sites for hydroxylation is 2. The van der Waals surface area contributed by atoms with Crippen molar-refractivity contribution >= 4 is 29.9 Å². The Morgan fingerprint density at radius 3 is 2.59 bits per heavy atom. The number of nitrogens with one attached hydrogen (secondary N) is 2. The fraction of sp³-hybridized carbons (Fsp3) is 0.385. The number of benzene rings is 2. The number of rotatable bonds is 8. The number of nitrogens with zero attached hydrogens (tertiary/aromatic N) is 2. The maximum atomic E-state index is 6.15. The molecule has 8 heteroatoms. The second-order valence-electron chi connectivity index (χ2n) is 8.44. The normalized spacial score (nSPS) is 15.6. The van der Waals surface area contributed by atoms with E-state index < -0.39 is 0 Å². The number of hydrogen-bond acceptors (Lipinski definition) is 5. The molecular formula is C26H33IN4O3. The van der Waals surface area contributed by atoms with Gasteiger partial charge in [0.1, 0.15) is 12.0 Å². The quantitative estimate of drug-likeness (QED) is 0.227. The van der Waals surface area contributed by atoms with Crippen molar-refractivity contribution in [2.45, 2.75) is 33.4 Å². The lowest BCUT2D eigenvalue weighted by molar-refractivity contribution is 0.166. The van der Waals surface area contributed by atoms with Gasteiger partial charge in [0.15, 0.2) is 5.96 Å². The number of guanidine groups is 1. The summed E-state index contributed by atoms with van der Waals surface area (Å²) in [5.41, 5.74) is 5.24. The van der Waals surface area contributed by atoms with Gasteiger partial charge in [0, 0.05) is 37.2 Å². The van der Waals surface area contributed by atoms with Crippen LogP contribution in [0.25, 0.3) is 11.5 Å². The first-order valence-corrected chi connectivity index (χ1v) is 11.4. The van der Waals surface area contributed by atoms with Crippen LogP contribution in [0.1, 0.15) is 28.8 Å². The summed E-state index contributed by atoms with van der Waals surface area (Å²) in [4.78, 5) is 8.91. The highest BCUT2D eigenvalue weighted by Crippen LogP contribution is 2.23. The van der Waals surface area contributed by atoms with E-state index in [-0.39, 0.29) is 24.0 Å². The van der Waals surface area contributed by atoms with E-state index in [1.807, 2.05) is 24.3 Å². The van der Waals surface area contributed by atoms with Crippen molar-refractivity contribution < 1.29 is 13.9 Å². The van der Waals surface area contributed by atoms with Gasteiger partial charge in [-0.2, -0.15) is 0 Å². The molecule has 0 amide bonds. The molecule has 1 aliphatic heterocycles. The molecule has 7 nitrogen and oxygen atoms in total. The molecule has 1 atom stereocenters. The van der Waals surface area contributed by atoms with Gasteiger partial charge in [-0.05, 0) is 44.0 Å². The monoisotopic (exact) mass is 576 g/mol. The highest BCUT2D eigenvalue weighted by Gasteiger charge is 2.17. The molecule has 1 fully saturated rings. The molecule has 0 radical (unpaired) electrons. The van der Waals surface area contributed by atoms with Crippen LogP contribution >= 0.6 is 24.0 Å². The maximum absolute atomic E-state index is 6.15. The molecule has 0 aliphatic carbocycles. The lowest BCUT2D eigenvalue weighted by atomic mass is 10.1. The summed E-state index contributed by atoms with van der Waals surface area (Å²) >= 11 is 0. The van der Waals surface area contributed by atoms with Crippen molar-refractivity contribution in [1.82, 2.24) is 15.6 Å². The molecule has 34 heavy (non-hydrogen) atoms. The third kappa shape index (κ3) is 7.20. The first kappa shape index (κ1) is 26.0. The number of halogens is 1. The Labute approximate surface area is 218 Å². The molecule has 0 saturated carbocycles. The van der Waals surface area contributed by atoms with E-state index in [1.54, 1.807) is 13.3 Å². The Hall–Kier alpha value is -2.59. The Kier molecular flexibility index (Phi) is 9.76. The van der Waals surface area contributed by atoms with E-state index in [9.17, 15) is 0 Å². The summed E-state index contributed by atoms with van der Waals surface area (Å²) in [6.07, 6.45) is 2.73. The average molecular weight is 576 g/mol. The van der Waals surface area contributed by atoms with Crippen LogP contribution in [-0.4, -0.2) is 37.8 Å². The SMILES string of the molecule is CN=C(NCc1coc(-c2ccc(C)cc2)n1)NCc1ccc(C)cc1OCC1CCOC1.I. The van der Waals surface area contributed by atoms with Crippen LogP contribution in [0.3, 0.4) is 0 Å². The zero-order valence-corrected chi connectivity index (χ0v) is 22.3. The number of ether oxygens (including phenoxy) is 2. The first-order chi connectivity index (χ1) is 16.1. The molecule has 2 aromatic carbocycles. The topological polar surface area (TPSA) is 80.9 Å². The number of oxazole rings is 1. The Morgan fingerprint density at radius 1 is 1.09 bits per heavy atom. The van der Waals surface area contributed by atoms with Gasteiger partial charge in [0.2, 0.25) is 5.89 Å². The summed E-state index contributed by atoms with van der Waals surface area (Å²) in [6, 6.07) is 14.4. The van der Waals surface area contributed by atoms with Crippen LogP contribution in [0.5, 0.6) is 5.75 Å². The zero-order chi connectivity index (χ0) is 23.0. The van der Waals surface area contributed by atoms with Crippen LogP contribution in [0, 0.1) is 19.8 Å². The van der Waals surface area contributed by atoms with Crippen molar-refractivity contribution in [2.24, 2.45) is 10.9 Å². The molecule has 1 unspecified atom stereocenters. The highest BCUT2D eigenvalue weighted by atomic mass is 127. The molecule has 0 spiro atoms. The minimum Gasteiger partial charge on any atom is -0.493 e. The van der Waals surface area contributed by atoms with Crippen molar-refractivity contribution in [3.05, 3.63) is 71.1 Å². The van der Waals surface area contributed by atoms with E-state index in [2.05, 4.69) is 52.7 Å². The minimum absolute atomic E-state index is 0. The predicted octanol–water partition coefficient (Wildman–Crippen LogP) is 4.86. The van der Waals surface area contributed by atoms with E-state index >= 15 is 0 Å². The number of hydrogen-bond donors (Lipinski definition) is 2. The highest BCUT2D eigenvalue weighted by molar-refractivity contribution is 14.0. The third-order valence-electron chi connectivity index (χ3n) is 5.68. The molecule has 1 aromatic heterocycles. The van der Waals surface area contributed by atoms with Crippen LogP contribution < -0.4 is 15.4 Å². The van der Waals surface area contributed by atoms with Crippen LogP contribution in [0.15, 0.2) is 58.1 Å². The molecule has 4 rings (SSSR count). The summed E-state index contributed by atoms with van der Waals surface area (Å²) in [5.74, 6) is 2.67. The maximum Gasteiger partial charge on any atom is 0.226 e. The smallest absolute Gasteiger partial charge is 0.226 e. The van der Waals surface area contributed by atoms with E-state index in [4.69, 9.17) is 13.9 Å². The predicted molar refractivity (Wildman–Crippen MR) is 145 cm³/mol. The van der Waals surface area contributed by atoms with E-state index in [0.29, 0.717) is 37.5 Å². The second-order valence-corrected chi connectivity index (χ2v) is 8.44.